The standard InChI is InChI=1S/C22H28N6O3S/c1-3-23-22-24-15(2)12-19(25-22)26-8-10-27(11-9-26)32(30,31)18-13-16-4-5-20(29)28-7-6-17(14-18)21(16)28/h12-14H,3-11H2,1-2H3,(H,23,24,25). The first kappa shape index (κ1) is 21.1. The zero-order valence-corrected chi connectivity index (χ0v) is 19.3. The minimum atomic E-state index is -3.60. The molecular formula is C22H28N6O3S. The van der Waals surface area contributed by atoms with Crippen LogP contribution in [0.4, 0.5) is 17.5 Å². The van der Waals surface area contributed by atoms with E-state index in [1.54, 1.807) is 16.4 Å². The highest BCUT2D eigenvalue weighted by Gasteiger charge is 2.35. The third-order valence-electron chi connectivity index (χ3n) is 6.40. The topological polar surface area (TPSA) is 98.7 Å². The summed E-state index contributed by atoms with van der Waals surface area (Å²) in [5, 5.41) is 3.14. The van der Waals surface area contributed by atoms with Crippen LogP contribution in [0.1, 0.15) is 30.2 Å². The van der Waals surface area contributed by atoms with Gasteiger partial charge in [-0.2, -0.15) is 9.29 Å². The van der Waals surface area contributed by atoms with Crippen LogP contribution in [-0.4, -0.2) is 67.9 Å². The Morgan fingerprint density at radius 3 is 2.41 bits per heavy atom. The van der Waals surface area contributed by atoms with Crippen LogP contribution in [0.5, 0.6) is 0 Å². The van der Waals surface area contributed by atoms with Gasteiger partial charge in [0.05, 0.1) is 10.6 Å². The predicted molar refractivity (Wildman–Crippen MR) is 123 cm³/mol. The van der Waals surface area contributed by atoms with Crippen molar-refractivity contribution in [3.8, 4) is 0 Å². The molecule has 1 fully saturated rings. The third-order valence-corrected chi connectivity index (χ3v) is 8.28. The van der Waals surface area contributed by atoms with E-state index in [4.69, 9.17) is 0 Å². The van der Waals surface area contributed by atoms with Gasteiger partial charge in [0.2, 0.25) is 21.9 Å². The van der Waals surface area contributed by atoms with Gasteiger partial charge in [0.15, 0.2) is 0 Å². The maximum absolute atomic E-state index is 13.4. The molecule has 0 aliphatic carbocycles. The molecule has 1 aromatic heterocycles. The minimum Gasteiger partial charge on any atom is -0.354 e. The Kier molecular flexibility index (Phi) is 5.29. The van der Waals surface area contributed by atoms with Crippen LogP contribution in [0, 0.1) is 6.92 Å². The molecule has 0 unspecified atom stereocenters. The van der Waals surface area contributed by atoms with Crippen molar-refractivity contribution < 1.29 is 13.2 Å². The van der Waals surface area contributed by atoms with Gasteiger partial charge < -0.3 is 15.1 Å². The smallest absolute Gasteiger partial charge is 0.243 e. The van der Waals surface area contributed by atoms with Gasteiger partial charge in [0.1, 0.15) is 5.82 Å². The Labute approximate surface area is 188 Å². The molecule has 1 N–H and O–H groups in total. The van der Waals surface area contributed by atoms with Crippen molar-refractivity contribution in [1.82, 2.24) is 14.3 Å². The van der Waals surface area contributed by atoms with Crippen molar-refractivity contribution in [2.75, 3.05) is 54.4 Å². The van der Waals surface area contributed by atoms with Crippen molar-refractivity contribution in [1.29, 1.82) is 0 Å². The van der Waals surface area contributed by atoms with Crippen LogP contribution in [0.3, 0.4) is 0 Å². The number of hydrogen-bond acceptors (Lipinski definition) is 7. The summed E-state index contributed by atoms with van der Waals surface area (Å²) < 4.78 is 28.5. The number of amides is 1. The monoisotopic (exact) mass is 456 g/mol. The lowest BCUT2D eigenvalue weighted by Gasteiger charge is -2.35. The number of nitrogens with zero attached hydrogens (tertiary/aromatic N) is 5. The first-order valence-corrected chi connectivity index (χ1v) is 12.6. The van der Waals surface area contributed by atoms with Gasteiger partial charge in [-0.25, -0.2) is 13.4 Å². The molecule has 170 valence electrons. The first-order valence-electron chi connectivity index (χ1n) is 11.2. The van der Waals surface area contributed by atoms with Gasteiger partial charge in [-0.1, -0.05) is 0 Å². The SMILES string of the molecule is CCNc1nc(C)cc(N2CCN(S(=O)(=O)c3cc4c5c(c3)CCN5C(=O)CC4)CC2)n1. The van der Waals surface area contributed by atoms with Gasteiger partial charge in [0, 0.05) is 57.4 Å². The number of hydrogen-bond donors (Lipinski definition) is 1. The van der Waals surface area contributed by atoms with Crippen molar-refractivity contribution in [2.24, 2.45) is 0 Å². The van der Waals surface area contributed by atoms with Crippen LogP contribution in [0.2, 0.25) is 0 Å². The molecule has 10 heteroatoms. The number of carbonyl (C=O) groups excluding carboxylic acids is 1. The zero-order chi connectivity index (χ0) is 22.5. The second kappa shape index (κ2) is 8.00. The molecule has 0 bridgehead atoms. The second-order valence-electron chi connectivity index (χ2n) is 8.50. The molecule has 2 aromatic rings. The molecule has 3 aliphatic rings. The summed E-state index contributed by atoms with van der Waals surface area (Å²) in [5.41, 5.74) is 3.77. The van der Waals surface area contributed by atoms with Crippen molar-refractivity contribution in [3.63, 3.8) is 0 Å². The summed E-state index contributed by atoms with van der Waals surface area (Å²) in [7, 11) is -3.60. The summed E-state index contributed by atoms with van der Waals surface area (Å²) in [6, 6.07) is 5.49. The van der Waals surface area contributed by atoms with E-state index < -0.39 is 10.0 Å². The molecule has 0 atom stereocenters. The fourth-order valence-corrected chi connectivity index (χ4v) is 6.36. The molecule has 0 radical (unpaired) electrons. The number of aryl methyl sites for hydroxylation is 2. The molecule has 1 amide bonds. The molecule has 0 saturated carbocycles. The van der Waals surface area contributed by atoms with E-state index in [0.29, 0.717) is 62.8 Å². The number of anilines is 3. The van der Waals surface area contributed by atoms with Crippen molar-refractivity contribution in [3.05, 3.63) is 35.0 Å². The van der Waals surface area contributed by atoms with E-state index in [1.165, 1.54) is 0 Å². The summed E-state index contributed by atoms with van der Waals surface area (Å²) >= 11 is 0. The quantitative estimate of drug-likeness (QED) is 0.729. The van der Waals surface area contributed by atoms with Crippen LogP contribution < -0.4 is 15.1 Å². The van der Waals surface area contributed by atoms with Crippen molar-refractivity contribution in [2.45, 2.75) is 38.0 Å². The summed E-state index contributed by atoms with van der Waals surface area (Å²) in [4.78, 5) is 25.4. The third kappa shape index (κ3) is 3.61. The van der Waals surface area contributed by atoms with Gasteiger partial charge in [-0.3, -0.25) is 4.79 Å². The number of nitrogens with one attached hydrogen (secondary N) is 1. The Morgan fingerprint density at radius 2 is 1.69 bits per heavy atom. The average molecular weight is 457 g/mol. The lowest BCUT2D eigenvalue weighted by atomic mass is 10.00. The molecule has 3 aliphatic heterocycles. The minimum absolute atomic E-state index is 0.139. The van der Waals surface area contributed by atoms with Gasteiger partial charge in [-0.15, -0.1) is 0 Å². The molecule has 4 heterocycles. The number of rotatable bonds is 5. The van der Waals surface area contributed by atoms with Crippen molar-refractivity contribution >= 4 is 33.4 Å². The lowest BCUT2D eigenvalue weighted by molar-refractivity contribution is -0.118. The number of sulfonamides is 1. The molecule has 9 nitrogen and oxygen atoms in total. The fourth-order valence-electron chi connectivity index (χ4n) is 4.83. The molecule has 32 heavy (non-hydrogen) atoms. The largest absolute Gasteiger partial charge is 0.354 e. The Balaban J connectivity index is 1.35. The van der Waals surface area contributed by atoms with E-state index in [0.717, 1.165) is 34.9 Å². The number of aromatic nitrogens is 2. The zero-order valence-electron chi connectivity index (χ0n) is 18.5. The highest BCUT2D eigenvalue weighted by molar-refractivity contribution is 7.89. The van der Waals surface area contributed by atoms with Crippen LogP contribution in [-0.2, 0) is 27.7 Å². The highest BCUT2D eigenvalue weighted by Crippen LogP contribution is 2.39. The molecular weight excluding hydrogens is 428 g/mol. The summed E-state index contributed by atoms with van der Waals surface area (Å²) in [6.07, 6.45) is 1.77. The second-order valence-corrected chi connectivity index (χ2v) is 10.4. The van der Waals surface area contributed by atoms with E-state index in [1.807, 2.05) is 24.8 Å². The Bertz CT molecular complexity index is 1170. The van der Waals surface area contributed by atoms with E-state index >= 15 is 0 Å². The number of benzene rings is 1. The van der Waals surface area contributed by atoms with Gasteiger partial charge in [0.25, 0.3) is 0 Å². The summed E-state index contributed by atoms with van der Waals surface area (Å²) in [6.45, 7) is 7.26. The van der Waals surface area contributed by atoms with Crippen LogP contribution in [0.15, 0.2) is 23.1 Å². The molecule has 1 saturated heterocycles. The van der Waals surface area contributed by atoms with Crippen LogP contribution in [0.25, 0.3) is 0 Å². The Hall–Kier alpha value is -2.72. The fraction of sp³-hybridized carbons (Fsp3) is 0.500. The normalized spacial score (nSPS) is 18.8. The van der Waals surface area contributed by atoms with Gasteiger partial charge >= 0.3 is 0 Å². The van der Waals surface area contributed by atoms with Gasteiger partial charge in [-0.05, 0) is 49.9 Å². The maximum Gasteiger partial charge on any atom is 0.243 e. The lowest BCUT2D eigenvalue weighted by Crippen LogP contribution is -2.49. The molecule has 1 aromatic carbocycles. The average Bonchev–Trinajstić information content (AvgIpc) is 3.22. The molecule has 0 spiro atoms. The predicted octanol–water partition coefficient (Wildman–Crippen LogP) is 1.56. The summed E-state index contributed by atoms with van der Waals surface area (Å²) in [5.74, 6) is 1.55. The van der Waals surface area contributed by atoms with E-state index in [-0.39, 0.29) is 5.91 Å². The van der Waals surface area contributed by atoms with E-state index in [2.05, 4.69) is 20.2 Å². The highest BCUT2D eigenvalue weighted by atomic mass is 32.2. The van der Waals surface area contributed by atoms with E-state index in [9.17, 15) is 13.2 Å². The maximum atomic E-state index is 13.4. The first-order chi connectivity index (χ1) is 15.4. The number of carbonyl (C=O) groups is 1. The van der Waals surface area contributed by atoms with Crippen LogP contribution >= 0.6 is 0 Å². The number of piperazine rings is 1. The Morgan fingerprint density at radius 1 is 0.969 bits per heavy atom. The molecule has 5 rings (SSSR count).